The second kappa shape index (κ2) is 7.33. The number of rotatable bonds is 6. The van der Waals surface area contributed by atoms with Crippen molar-refractivity contribution in [1.82, 2.24) is 15.0 Å². The molecule has 3 heterocycles. The number of aromatic nitrogens is 3. The third kappa shape index (κ3) is 3.74. The van der Waals surface area contributed by atoms with E-state index < -0.39 is 0 Å². The van der Waals surface area contributed by atoms with E-state index in [2.05, 4.69) is 51.6 Å². The minimum Gasteiger partial charge on any atom is -0.362 e. The maximum Gasteiger partial charge on any atom is 0.180 e. The zero-order valence-electron chi connectivity index (χ0n) is 13.4. The van der Waals surface area contributed by atoms with E-state index in [9.17, 15) is 0 Å². The number of thiophene rings is 1. The number of pyridine rings is 1. The first kappa shape index (κ1) is 15.6. The van der Waals surface area contributed by atoms with Crippen molar-refractivity contribution < 1.29 is 0 Å². The van der Waals surface area contributed by atoms with Gasteiger partial charge >= 0.3 is 0 Å². The molecule has 0 aliphatic rings. The summed E-state index contributed by atoms with van der Waals surface area (Å²) in [5.41, 5.74) is 1.82. The van der Waals surface area contributed by atoms with Crippen LogP contribution >= 0.6 is 11.3 Å². The van der Waals surface area contributed by atoms with Crippen LogP contribution in [0, 0.1) is 0 Å². The van der Waals surface area contributed by atoms with Gasteiger partial charge in [-0.15, -0.1) is 11.3 Å². The van der Waals surface area contributed by atoms with Crippen LogP contribution in [0.4, 0.5) is 5.82 Å². The van der Waals surface area contributed by atoms with E-state index in [4.69, 9.17) is 0 Å². The van der Waals surface area contributed by atoms with Crippen molar-refractivity contribution in [3.8, 4) is 11.5 Å². The van der Waals surface area contributed by atoms with Gasteiger partial charge in [0.25, 0.3) is 0 Å². The molecule has 1 N–H and O–H groups in total. The van der Waals surface area contributed by atoms with Gasteiger partial charge in [-0.05, 0) is 36.4 Å². The molecular weight excluding hydrogens is 304 g/mol. The first-order valence-corrected chi connectivity index (χ1v) is 8.77. The molecule has 0 amide bonds. The Labute approximate surface area is 140 Å². The topological polar surface area (TPSA) is 50.7 Å². The molecule has 3 rings (SSSR count). The predicted molar refractivity (Wildman–Crippen MR) is 95.6 cm³/mol. The van der Waals surface area contributed by atoms with Crippen molar-refractivity contribution in [2.45, 2.75) is 32.7 Å². The second-order valence-corrected chi connectivity index (χ2v) is 6.24. The highest BCUT2D eigenvalue weighted by Crippen LogP contribution is 2.26. The average molecular weight is 324 g/mol. The van der Waals surface area contributed by atoms with Crippen LogP contribution < -0.4 is 5.32 Å². The minimum atomic E-state index is 0.270. The minimum absolute atomic E-state index is 0.270. The molecule has 0 radical (unpaired) electrons. The van der Waals surface area contributed by atoms with Gasteiger partial charge in [-0.2, -0.15) is 0 Å². The van der Waals surface area contributed by atoms with E-state index >= 15 is 0 Å². The van der Waals surface area contributed by atoms with Gasteiger partial charge in [-0.3, -0.25) is 4.98 Å². The number of aryl methyl sites for hydroxylation is 1. The lowest BCUT2D eigenvalue weighted by Crippen LogP contribution is -2.11. The van der Waals surface area contributed by atoms with Crippen molar-refractivity contribution >= 4 is 17.2 Å². The quantitative estimate of drug-likeness (QED) is 0.712. The molecule has 0 bridgehead atoms. The first-order chi connectivity index (χ1) is 11.3. The number of nitrogens with one attached hydrogen (secondary N) is 1. The van der Waals surface area contributed by atoms with Crippen LogP contribution in [0.1, 0.15) is 36.9 Å². The first-order valence-electron chi connectivity index (χ1n) is 7.89. The number of anilines is 1. The number of nitrogens with zero attached hydrogens (tertiary/aromatic N) is 3. The van der Waals surface area contributed by atoms with Crippen molar-refractivity contribution in [1.29, 1.82) is 0 Å². The molecular formula is C18H20N4S. The van der Waals surface area contributed by atoms with Gasteiger partial charge in [0.05, 0.1) is 6.04 Å². The molecule has 3 aromatic heterocycles. The summed E-state index contributed by atoms with van der Waals surface area (Å²) in [5, 5.41) is 5.66. The summed E-state index contributed by atoms with van der Waals surface area (Å²) in [6.45, 7) is 4.28. The Bertz CT molecular complexity index is 741. The Morgan fingerprint density at radius 2 is 2.04 bits per heavy atom. The SMILES string of the molecule is CCc1cc(NC(CC)c2cccs2)nc(-c2ccccn2)n1. The molecule has 3 aromatic rings. The lowest BCUT2D eigenvalue weighted by atomic mass is 10.2. The summed E-state index contributed by atoms with van der Waals surface area (Å²) in [6, 6.07) is 12.3. The van der Waals surface area contributed by atoms with Gasteiger partial charge in [0.1, 0.15) is 11.5 Å². The van der Waals surface area contributed by atoms with E-state index in [0.29, 0.717) is 5.82 Å². The molecule has 0 aliphatic carbocycles. The monoisotopic (exact) mass is 324 g/mol. The third-order valence-electron chi connectivity index (χ3n) is 3.65. The second-order valence-electron chi connectivity index (χ2n) is 5.26. The summed E-state index contributed by atoms with van der Waals surface area (Å²) < 4.78 is 0. The van der Waals surface area contributed by atoms with Crippen LogP contribution in [-0.4, -0.2) is 15.0 Å². The van der Waals surface area contributed by atoms with Crippen LogP contribution in [-0.2, 0) is 6.42 Å². The van der Waals surface area contributed by atoms with E-state index in [1.807, 2.05) is 24.3 Å². The lowest BCUT2D eigenvalue weighted by molar-refractivity contribution is 0.757. The van der Waals surface area contributed by atoms with Gasteiger partial charge in [0, 0.05) is 22.8 Å². The van der Waals surface area contributed by atoms with Crippen LogP contribution in [0.15, 0.2) is 48.0 Å². The van der Waals surface area contributed by atoms with Gasteiger partial charge < -0.3 is 5.32 Å². The molecule has 0 saturated carbocycles. The summed E-state index contributed by atoms with van der Waals surface area (Å²) >= 11 is 1.77. The molecule has 1 atom stereocenters. The molecule has 0 fully saturated rings. The summed E-state index contributed by atoms with van der Waals surface area (Å²) in [7, 11) is 0. The van der Waals surface area contributed by atoms with Crippen molar-refractivity contribution in [2.75, 3.05) is 5.32 Å². The van der Waals surface area contributed by atoms with E-state index in [1.165, 1.54) is 4.88 Å². The maximum atomic E-state index is 4.67. The van der Waals surface area contributed by atoms with Gasteiger partial charge in [0.15, 0.2) is 5.82 Å². The zero-order chi connectivity index (χ0) is 16.1. The fraction of sp³-hybridized carbons (Fsp3) is 0.278. The smallest absolute Gasteiger partial charge is 0.180 e. The molecule has 0 aromatic carbocycles. The maximum absolute atomic E-state index is 4.67. The molecule has 0 aliphatic heterocycles. The Balaban J connectivity index is 1.92. The molecule has 4 nitrogen and oxygen atoms in total. The van der Waals surface area contributed by atoms with Crippen molar-refractivity contribution in [2.24, 2.45) is 0 Å². The van der Waals surface area contributed by atoms with Crippen LogP contribution in [0.2, 0.25) is 0 Å². The zero-order valence-corrected chi connectivity index (χ0v) is 14.2. The largest absolute Gasteiger partial charge is 0.362 e. The van der Waals surface area contributed by atoms with E-state index in [0.717, 1.165) is 30.0 Å². The Kier molecular flexibility index (Phi) is 4.98. The Morgan fingerprint density at radius 1 is 1.13 bits per heavy atom. The molecule has 118 valence electrons. The number of hydrogen-bond acceptors (Lipinski definition) is 5. The number of hydrogen-bond donors (Lipinski definition) is 1. The normalized spacial score (nSPS) is 12.1. The van der Waals surface area contributed by atoms with Crippen LogP contribution in [0.25, 0.3) is 11.5 Å². The standard InChI is InChI=1S/C18H20N4S/c1-3-13-12-17(21-14(4-2)16-9-7-11-23-16)22-18(20-13)15-8-5-6-10-19-15/h5-12,14H,3-4H2,1-2H3,(H,20,21,22). The van der Waals surface area contributed by atoms with Gasteiger partial charge in [0.2, 0.25) is 0 Å². The lowest BCUT2D eigenvalue weighted by Gasteiger charge is -2.17. The highest BCUT2D eigenvalue weighted by Gasteiger charge is 2.13. The molecule has 0 spiro atoms. The molecule has 0 saturated heterocycles. The van der Waals surface area contributed by atoms with Gasteiger partial charge in [-0.25, -0.2) is 9.97 Å². The van der Waals surface area contributed by atoms with E-state index in [-0.39, 0.29) is 6.04 Å². The average Bonchev–Trinajstić information content (AvgIpc) is 3.14. The molecule has 1 unspecified atom stereocenters. The fourth-order valence-electron chi connectivity index (χ4n) is 2.40. The molecule has 23 heavy (non-hydrogen) atoms. The Hall–Kier alpha value is -2.27. The fourth-order valence-corrected chi connectivity index (χ4v) is 3.27. The third-order valence-corrected chi connectivity index (χ3v) is 4.64. The van der Waals surface area contributed by atoms with Crippen molar-refractivity contribution in [3.05, 3.63) is 58.5 Å². The predicted octanol–water partition coefficient (Wildman–Crippen LogP) is 4.73. The van der Waals surface area contributed by atoms with Crippen LogP contribution in [0.5, 0.6) is 0 Å². The summed E-state index contributed by atoms with van der Waals surface area (Å²) in [4.78, 5) is 15.0. The van der Waals surface area contributed by atoms with Gasteiger partial charge in [-0.1, -0.05) is 26.0 Å². The highest BCUT2D eigenvalue weighted by atomic mass is 32.1. The molecule has 5 heteroatoms. The summed E-state index contributed by atoms with van der Waals surface area (Å²) in [5.74, 6) is 1.53. The van der Waals surface area contributed by atoms with Crippen molar-refractivity contribution in [3.63, 3.8) is 0 Å². The summed E-state index contributed by atoms with van der Waals surface area (Å²) in [6.07, 6.45) is 3.64. The highest BCUT2D eigenvalue weighted by molar-refractivity contribution is 7.10. The Morgan fingerprint density at radius 3 is 2.70 bits per heavy atom. The van der Waals surface area contributed by atoms with Crippen LogP contribution in [0.3, 0.4) is 0 Å². The van der Waals surface area contributed by atoms with E-state index in [1.54, 1.807) is 17.5 Å².